The Hall–Kier alpha value is -1.60. The Morgan fingerprint density at radius 1 is 0.523 bits per heavy atom. The Morgan fingerprint density at radius 2 is 0.932 bits per heavy atom. The fraction of sp³-hybridized carbons (Fsp3) is 0.579. The molecule has 4 heterocycles. The maximum absolute atomic E-state index is 5.23. The van der Waals surface area contributed by atoms with E-state index in [0.29, 0.717) is 0 Å². The molecule has 2 unspecified atom stereocenters. The van der Waals surface area contributed by atoms with Gasteiger partial charge in [-0.2, -0.15) is 0 Å². The summed E-state index contributed by atoms with van der Waals surface area (Å²) in [5.74, 6) is 3.23. The largest absolute Gasteiger partial charge is 0.235 e. The van der Waals surface area contributed by atoms with Gasteiger partial charge in [0.15, 0.2) is 0 Å². The van der Waals surface area contributed by atoms with Crippen molar-refractivity contribution in [2.75, 3.05) is 0 Å². The van der Waals surface area contributed by atoms with E-state index in [4.69, 9.17) is 9.97 Å². The molecule has 0 radical (unpaired) electrons. The summed E-state index contributed by atoms with van der Waals surface area (Å²) in [6.45, 7) is 18.7. The highest BCUT2D eigenvalue weighted by molar-refractivity contribution is 7.27. The van der Waals surface area contributed by atoms with Crippen molar-refractivity contribution in [1.82, 2.24) is 9.97 Å². The van der Waals surface area contributed by atoms with Crippen LogP contribution >= 0.6 is 45.3 Å². The normalized spacial score (nSPS) is 13.7. The molecule has 0 spiro atoms. The number of nitrogens with zero attached hydrogens (tertiary/aromatic N) is 2. The fourth-order valence-corrected chi connectivity index (χ4v) is 10.6. The molecule has 1 aromatic carbocycles. The zero-order chi connectivity index (χ0) is 31.4. The zero-order valence-corrected chi connectivity index (χ0v) is 31.5. The molecule has 0 fully saturated rings. The van der Waals surface area contributed by atoms with Crippen LogP contribution in [-0.4, -0.2) is 9.97 Å². The van der Waals surface area contributed by atoms with Gasteiger partial charge in [0.1, 0.15) is 10.0 Å². The van der Waals surface area contributed by atoms with E-state index in [0.717, 1.165) is 44.7 Å². The van der Waals surface area contributed by atoms with Gasteiger partial charge in [-0.15, -0.1) is 45.3 Å². The highest BCUT2D eigenvalue weighted by Crippen LogP contribution is 2.44. The van der Waals surface area contributed by atoms with Gasteiger partial charge in [0.05, 0.1) is 30.2 Å². The quantitative estimate of drug-likeness (QED) is 0.105. The van der Waals surface area contributed by atoms with Gasteiger partial charge < -0.3 is 0 Å². The molecule has 0 amide bonds. The Kier molecular flexibility index (Phi) is 11.8. The minimum Gasteiger partial charge on any atom is -0.235 e. The molecule has 0 aliphatic carbocycles. The topological polar surface area (TPSA) is 25.8 Å². The van der Waals surface area contributed by atoms with Crippen molar-refractivity contribution in [3.63, 3.8) is 0 Å². The predicted octanol–water partition coefficient (Wildman–Crippen LogP) is 13.8. The third-order valence-electron chi connectivity index (χ3n) is 9.11. The Labute approximate surface area is 282 Å². The lowest BCUT2D eigenvalue weighted by Gasteiger charge is -2.11. The van der Waals surface area contributed by atoms with Gasteiger partial charge in [-0.3, -0.25) is 0 Å². The first-order chi connectivity index (χ1) is 21.1. The van der Waals surface area contributed by atoms with E-state index in [9.17, 15) is 0 Å². The standard InChI is InChI=1S/C38H52N2S4/c1-23(2)11-9-13-25(5)15-17-29-19-21-31(41-29)37-39-33-27(7)36-34(28(8)35(33)43-37)40-38(44-36)32-22-20-30(42-32)18-16-26(6)14-10-12-24(3)4/h19-26H,9-18H2,1-8H3. The SMILES string of the molecule is Cc1c2nc(-c3ccc(CCC(C)CCCC(C)C)s3)sc2c(C)c2nc(-c3ccc(CCC(C)CCCC(C)C)s3)sc12. The number of thiazole rings is 2. The van der Waals surface area contributed by atoms with Gasteiger partial charge in [0.25, 0.3) is 0 Å². The van der Waals surface area contributed by atoms with Crippen LogP contribution in [0, 0.1) is 37.5 Å². The summed E-state index contributed by atoms with van der Waals surface area (Å²) in [7, 11) is 0. The number of thiophene rings is 2. The molecule has 2 nitrogen and oxygen atoms in total. The summed E-state index contributed by atoms with van der Waals surface area (Å²) in [6, 6.07) is 9.26. The monoisotopic (exact) mass is 664 g/mol. The summed E-state index contributed by atoms with van der Waals surface area (Å²) >= 11 is 7.58. The van der Waals surface area contributed by atoms with Crippen molar-refractivity contribution in [3.8, 4) is 19.8 Å². The third-order valence-corrected chi connectivity index (χ3v) is 14.1. The molecule has 0 aliphatic rings. The maximum atomic E-state index is 5.23. The van der Waals surface area contributed by atoms with Crippen molar-refractivity contribution < 1.29 is 0 Å². The van der Waals surface area contributed by atoms with Gasteiger partial charge in [-0.05, 0) is 98.6 Å². The second-order valence-corrected chi connectivity index (χ2v) is 18.4. The summed E-state index contributed by atoms with van der Waals surface area (Å²) in [6.07, 6.45) is 13.1. The van der Waals surface area contributed by atoms with Crippen molar-refractivity contribution in [1.29, 1.82) is 0 Å². The maximum Gasteiger partial charge on any atom is 0.134 e. The molecule has 0 aliphatic heterocycles. The van der Waals surface area contributed by atoms with E-state index in [1.165, 1.54) is 104 Å². The smallest absolute Gasteiger partial charge is 0.134 e. The van der Waals surface area contributed by atoms with Crippen molar-refractivity contribution in [2.24, 2.45) is 23.7 Å². The van der Waals surface area contributed by atoms with Crippen LogP contribution < -0.4 is 0 Å². The minimum absolute atomic E-state index is 0.797. The molecule has 0 saturated heterocycles. The van der Waals surface area contributed by atoms with Gasteiger partial charge in [0, 0.05) is 9.75 Å². The van der Waals surface area contributed by atoms with E-state index in [-0.39, 0.29) is 0 Å². The van der Waals surface area contributed by atoms with Crippen LogP contribution in [0.5, 0.6) is 0 Å². The van der Waals surface area contributed by atoms with Crippen LogP contribution in [0.1, 0.15) is 114 Å². The number of benzene rings is 1. The average molecular weight is 665 g/mol. The van der Waals surface area contributed by atoms with Gasteiger partial charge in [-0.1, -0.05) is 80.1 Å². The highest BCUT2D eigenvalue weighted by atomic mass is 32.1. The molecule has 0 N–H and O–H groups in total. The van der Waals surface area contributed by atoms with E-state index in [2.05, 4.69) is 79.7 Å². The molecule has 4 aromatic heterocycles. The van der Waals surface area contributed by atoms with Crippen molar-refractivity contribution in [2.45, 2.75) is 120 Å². The first-order valence-corrected chi connectivity index (χ1v) is 20.2. The summed E-state index contributed by atoms with van der Waals surface area (Å²) in [4.78, 5) is 16.1. The Balaban J connectivity index is 1.26. The summed E-state index contributed by atoms with van der Waals surface area (Å²) < 4.78 is 2.60. The first-order valence-electron chi connectivity index (χ1n) is 17.0. The number of hydrogen-bond donors (Lipinski definition) is 0. The number of fused-ring (bicyclic) bond motifs is 2. The van der Waals surface area contributed by atoms with Crippen LogP contribution in [-0.2, 0) is 12.8 Å². The lowest BCUT2D eigenvalue weighted by Crippen LogP contribution is -1.98. The van der Waals surface area contributed by atoms with Crippen LogP contribution in [0.4, 0.5) is 0 Å². The third kappa shape index (κ3) is 8.40. The molecule has 2 atom stereocenters. The molecule has 5 rings (SSSR count). The number of aromatic nitrogens is 2. The molecule has 6 heteroatoms. The van der Waals surface area contributed by atoms with Crippen LogP contribution in [0.2, 0.25) is 0 Å². The Bertz CT molecular complexity index is 1470. The highest BCUT2D eigenvalue weighted by Gasteiger charge is 2.20. The molecule has 0 bridgehead atoms. The van der Waals surface area contributed by atoms with Gasteiger partial charge in [0.2, 0.25) is 0 Å². The first kappa shape index (κ1) is 33.8. The lowest BCUT2D eigenvalue weighted by atomic mass is 9.96. The molecule has 238 valence electrons. The Morgan fingerprint density at radius 3 is 1.32 bits per heavy atom. The molecule has 0 saturated carbocycles. The van der Waals surface area contributed by atoms with E-state index in [1.54, 1.807) is 0 Å². The zero-order valence-electron chi connectivity index (χ0n) is 28.2. The number of aryl methyl sites for hydroxylation is 4. The predicted molar refractivity (Wildman–Crippen MR) is 201 cm³/mol. The summed E-state index contributed by atoms with van der Waals surface area (Å²) in [5, 5.41) is 2.32. The molecule has 5 aromatic rings. The van der Waals surface area contributed by atoms with Crippen molar-refractivity contribution >= 4 is 65.8 Å². The number of rotatable bonds is 16. The van der Waals surface area contributed by atoms with E-state index >= 15 is 0 Å². The fourth-order valence-electron chi connectivity index (χ4n) is 6.15. The second-order valence-electron chi connectivity index (χ2n) is 14.1. The van der Waals surface area contributed by atoms with Crippen LogP contribution in [0.15, 0.2) is 24.3 Å². The average Bonchev–Trinajstić information content (AvgIpc) is 3.78. The minimum atomic E-state index is 0.797. The van der Waals surface area contributed by atoms with Crippen LogP contribution in [0.3, 0.4) is 0 Å². The van der Waals surface area contributed by atoms with E-state index < -0.39 is 0 Å². The second kappa shape index (κ2) is 15.3. The van der Waals surface area contributed by atoms with Gasteiger partial charge in [-0.25, -0.2) is 9.97 Å². The van der Waals surface area contributed by atoms with Crippen LogP contribution in [0.25, 0.3) is 40.2 Å². The molecular formula is C38H52N2S4. The number of hydrogen-bond acceptors (Lipinski definition) is 6. The lowest BCUT2D eigenvalue weighted by molar-refractivity contribution is 0.437. The van der Waals surface area contributed by atoms with Gasteiger partial charge >= 0.3 is 0 Å². The molecule has 44 heavy (non-hydrogen) atoms. The van der Waals surface area contributed by atoms with E-state index in [1.807, 2.05) is 45.3 Å². The molecular weight excluding hydrogens is 613 g/mol. The summed E-state index contributed by atoms with van der Waals surface area (Å²) in [5.41, 5.74) is 4.89. The van der Waals surface area contributed by atoms with Crippen molar-refractivity contribution in [3.05, 3.63) is 45.1 Å².